The van der Waals surface area contributed by atoms with E-state index in [0.717, 1.165) is 23.3 Å². The molecular formula is C31H44O7S. The van der Waals surface area contributed by atoms with Crippen LogP contribution in [0.15, 0.2) is 71.1 Å². The number of hydrogen-bond acceptors (Lipinski definition) is 7. The second kappa shape index (κ2) is 14.4. The molecule has 39 heavy (non-hydrogen) atoms. The zero-order valence-electron chi connectivity index (χ0n) is 24.2. The maximum atomic E-state index is 13.0. The predicted octanol–water partition coefficient (Wildman–Crippen LogP) is 5.69. The Balaban J connectivity index is 1.87. The standard InChI is InChI=1S/C31H44O7S/c1-21(20-39(32,33)27-11-9-8-10-12-27)17-22(2)28(37-19-25-13-15-26(34-5)16-14-25)30(35-6)29-23(3)18-24(4)31(36-7)38-29/h8-17,21,23-24,28-31H,18-20H2,1-7H3/b22-17+/t21-,23-,24+,28?,29-,30-,31-/m1/s1. The molecular weight excluding hydrogens is 516 g/mol. The Hall–Kier alpha value is -2.23. The Morgan fingerprint density at radius 2 is 1.69 bits per heavy atom. The van der Waals surface area contributed by atoms with Gasteiger partial charge in [0.25, 0.3) is 0 Å². The monoisotopic (exact) mass is 560 g/mol. The number of allylic oxidation sites excluding steroid dienone is 1. The number of rotatable bonds is 13. The molecule has 1 saturated heterocycles. The first-order chi connectivity index (χ1) is 18.6. The molecule has 216 valence electrons. The number of ether oxygens (including phenoxy) is 5. The van der Waals surface area contributed by atoms with Gasteiger partial charge in [-0.2, -0.15) is 0 Å². The lowest BCUT2D eigenvalue weighted by atomic mass is 9.84. The Labute approximate surface area is 234 Å². The molecule has 8 heteroatoms. The van der Waals surface area contributed by atoms with Gasteiger partial charge in [-0.15, -0.1) is 0 Å². The Morgan fingerprint density at radius 1 is 1.03 bits per heavy atom. The quantitative estimate of drug-likeness (QED) is 0.291. The molecule has 1 heterocycles. The summed E-state index contributed by atoms with van der Waals surface area (Å²) in [4.78, 5) is 0.328. The maximum absolute atomic E-state index is 13.0. The minimum atomic E-state index is -3.43. The first kappa shape index (κ1) is 31.3. The van der Waals surface area contributed by atoms with Gasteiger partial charge < -0.3 is 23.7 Å². The third-order valence-corrected chi connectivity index (χ3v) is 9.31. The Kier molecular flexibility index (Phi) is 11.6. The summed E-state index contributed by atoms with van der Waals surface area (Å²) in [6.45, 7) is 8.52. The third-order valence-electron chi connectivity index (χ3n) is 7.36. The number of methoxy groups -OCH3 is 3. The largest absolute Gasteiger partial charge is 0.497 e. The highest BCUT2D eigenvalue weighted by Gasteiger charge is 2.42. The van der Waals surface area contributed by atoms with Crippen LogP contribution in [-0.2, 0) is 35.4 Å². The van der Waals surface area contributed by atoms with E-state index >= 15 is 0 Å². The van der Waals surface area contributed by atoms with Crippen LogP contribution >= 0.6 is 0 Å². The van der Waals surface area contributed by atoms with E-state index in [9.17, 15) is 8.42 Å². The highest BCUT2D eigenvalue weighted by Crippen LogP contribution is 2.35. The van der Waals surface area contributed by atoms with Crippen molar-refractivity contribution in [3.05, 3.63) is 71.8 Å². The summed E-state index contributed by atoms with van der Waals surface area (Å²) in [5, 5.41) is 0. The number of benzene rings is 2. The molecule has 0 saturated carbocycles. The molecule has 1 fully saturated rings. The van der Waals surface area contributed by atoms with Crippen molar-refractivity contribution in [2.24, 2.45) is 17.8 Å². The average Bonchev–Trinajstić information content (AvgIpc) is 2.92. The van der Waals surface area contributed by atoms with E-state index in [2.05, 4.69) is 13.8 Å². The van der Waals surface area contributed by atoms with E-state index < -0.39 is 22.0 Å². The van der Waals surface area contributed by atoms with Crippen LogP contribution in [0.3, 0.4) is 0 Å². The molecule has 1 aliphatic rings. The number of sulfone groups is 1. The molecule has 0 aromatic heterocycles. The van der Waals surface area contributed by atoms with Gasteiger partial charge >= 0.3 is 0 Å². The van der Waals surface area contributed by atoms with Gasteiger partial charge in [0.1, 0.15) is 18.0 Å². The summed E-state index contributed by atoms with van der Waals surface area (Å²) in [6.07, 6.45) is 1.45. The highest BCUT2D eigenvalue weighted by molar-refractivity contribution is 7.91. The zero-order chi connectivity index (χ0) is 28.6. The first-order valence-electron chi connectivity index (χ1n) is 13.5. The van der Waals surface area contributed by atoms with Crippen molar-refractivity contribution < 1.29 is 32.1 Å². The molecule has 0 N–H and O–H groups in total. The molecule has 0 bridgehead atoms. The van der Waals surface area contributed by atoms with Crippen LogP contribution in [0.25, 0.3) is 0 Å². The van der Waals surface area contributed by atoms with Crippen molar-refractivity contribution >= 4 is 9.84 Å². The molecule has 3 rings (SSSR count). The molecule has 2 aromatic carbocycles. The van der Waals surface area contributed by atoms with Crippen LogP contribution in [0.1, 0.15) is 39.7 Å². The van der Waals surface area contributed by atoms with E-state index in [0.29, 0.717) is 11.5 Å². The van der Waals surface area contributed by atoms with Crippen molar-refractivity contribution in [1.82, 2.24) is 0 Å². The van der Waals surface area contributed by atoms with Crippen molar-refractivity contribution in [2.75, 3.05) is 27.1 Å². The van der Waals surface area contributed by atoms with E-state index in [1.807, 2.05) is 50.3 Å². The van der Waals surface area contributed by atoms with Gasteiger partial charge in [0, 0.05) is 20.1 Å². The fraction of sp³-hybridized carbons (Fsp3) is 0.548. The maximum Gasteiger partial charge on any atom is 0.178 e. The van der Waals surface area contributed by atoms with Crippen LogP contribution in [0.2, 0.25) is 0 Å². The fourth-order valence-electron chi connectivity index (χ4n) is 5.43. The zero-order valence-corrected chi connectivity index (χ0v) is 25.0. The SMILES string of the molecule is COc1ccc(COC(/C(C)=C/[C@@H](C)CS(=O)(=O)c2ccccc2)[C@@H](OC)[C@@H]2O[C@@H](OC)[C@@H](C)C[C@H]2C)cc1. The first-order valence-corrected chi connectivity index (χ1v) is 15.2. The van der Waals surface area contributed by atoms with Crippen LogP contribution < -0.4 is 4.74 Å². The summed E-state index contributed by atoms with van der Waals surface area (Å²) in [5.74, 6) is 1.01. The van der Waals surface area contributed by atoms with Crippen molar-refractivity contribution in [3.8, 4) is 5.75 Å². The van der Waals surface area contributed by atoms with E-state index in [1.165, 1.54) is 0 Å². The molecule has 0 aliphatic carbocycles. The van der Waals surface area contributed by atoms with Gasteiger partial charge in [-0.1, -0.05) is 57.2 Å². The van der Waals surface area contributed by atoms with Gasteiger partial charge in [0.05, 0.1) is 30.5 Å². The minimum absolute atomic E-state index is 0.00318. The Bertz CT molecular complexity index is 1150. The summed E-state index contributed by atoms with van der Waals surface area (Å²) < 4.78 is 55.9. The van der Waals surface area contributed by atoms with Crippen LogP contribution in [-0.4, -0.2) is 60.1 Å². The molecule has 0 spiro atoms. The molecule has 7 atom stereocenters. The van der Waals surface area contributed by atoms with Gasteiger partial charge in [-0.05, 0) is 60.6 Å². The van der Waals surface area contributed by atoms with Gasteiger partial charge in [0.15, 0.2) is 16.1 Å². The molecule has 7 nitrogen and oxygen atoms in total. The van der Waals surface area contributed by atoms with E-state index in [-0.39, 0.29) is 35.9 Å². The molecule has 1 aliphatic heterocycles. The lowest BCUT2D eigenvalue weighted by Gasteiger charge is -2.43. The molecule has 0 amide bonds. The van der Waals surface area contributed by atoms with E-state index in [4.69, 9.17) is 23.7 Å². The topological polar surface area (TPSA) is 80.3 Å². The summed E-state index contributed by atoms with van der Waals surface area (Å²) >= 11 is 0. The predicted molar refractivity (Wildman–Crippen MR) is 152 cm³/mol. The summed E-state index contributed by atoms with van der Waals surface area (Å²) in [6, 6.07) is 16.3. The normalized spacial score (nSPS) is 24.6. The van der Waals surface area contributed by atoms with Crippen LogP contribution in [0, 0.1) is 17.8 Å². The molecule has 0 radical (unpaired) electrons. The van der Waals surface area contributed by atoms with Crippen LogP contribution in [0.4, 0.5) is 0 Å². The van der Waals surface area contributed by atoms with Gasteiger partial charge in [-0.3, -0.25) is 0 Å². The Morgan fingerprint density at radius 3 is 2.28 bits per heavy atom. The lowest BCUT2D eigenvalue weighted by molar-refractivity contribution is -0.255. The van der Waals surface area contributed by atoms with Gasteiger partial charge in [0.2, 0.25) is 0 Å². The molecule has 1 unspecified atom stereocenters. The lowest BCUT2D eigenvalue weighted by Crippen LogP contribution is -2.51. The summed E-state index contributed by atoms with van der Waals surface area (Å²) in [5.41, 5.74) is 1.89. The smallest absolute Gasteiger partial charge is 0.178 e. The minimum Gasteiger partial charge on any atom is -0.497 e. The number of hydrogen-bond donors (Lipinski definition) is 0. The van der Waals surface area contributed by atoms with E-state index in [1.54, 1.807) is 45.6 Å². The van der Waals surface area contributed by atoms with Crippen LogP contribution in [0.5, 0.6) is 5.75 Å². The third kappa shape index (κ3) is 8.38. The second-order valence-corrected chi connectivity index (χ2v) is 12.7. The fourth-order valence-corrected chi connectivity index (χ4v) is 6.98. The average molecular weight is 561 g/mol. The van der Waals surface area contributed by atoms with Crippen molar-refractivity contribution in [1.29, 1.82) is 0 Å². The molecule has 2 aromatic rings. The van der Waals surface area contributed by atoms with Crippen molar-refractivity contribution in [2.45, 2.75) is 70.2 Å². The van der Waals surface area contributed by atoms with Crippen molar-refractivity contribution in [3.63, 3.8) is 0 Å². The second-order valence-electron chi connectivity index (χ2n) is 10.7. The van der Waals surface area contributed by atoms with Gasteiger partial charge in [-0.25, -0.2) is 8.42 Å². The highest BCUT2D eigenvalue weighted by atomic mass is 32.2. The summed E-state index contributed by atoms with van der Waals surface area (Å²) in [7, 11) is 1.53.